The lowest BCUT2D eigenvalue weighted by atomic mass is 10.2. The lowest BCUT2D eigenvalue weighted by molar-refractivity contribution is -0.0514. The van der Waals surface area contributed by atoms with Crippen LogP contribution in [0.4, 0.5) is 8.78 Å². The van der Waals surface area contributed by atoms with Crippen molar-refractivity contribution in [3.63, 3.8) is 0 Å². The summed E-state index contributed by atoms with van der Waals surface area (Å²) in [6, 6.07) is 4.57. The summed E-state index contributed by atoms with van der Waals surface area (Å²) in [5, 5.41) is 7.43. The van der Waals surface area contributed by atoms with E-state index >= 15 is 0 Å². The first-order valence-electron chi connectivity index (χ1n) is 7.98. The van der Waals surface area contributed by atoms with Crippen molar-refractivity contribution in [2.24, 2.45) is 5.10 Å². The lowest BCUT2D eigenvalue weighted by Gasteiger charge is -2.12. The molecule has 9 heteroatoms. The number of hydrazone groups is 1. The summed E-state index contributed by atoms with van der Waals surface area (Å²) in [4.78, 5) is 0. The molecule has 0 spiro atoms. The Hall–Kier alpha value is -2.00. The van der Waals surface area contributed by atoms with Crippen molar-refractivity contribution in [3.05, 3.63) is 23.8 Å². The van der Waals surface area contributed by atoms with E-state index in [4.69, 9.17) is 21.7 Å². The second kappa shape index (κ2) is 10.1. The van der Waals surface area contributed by atoms with Gasteiger partial charge < -0.3 is 19.5 Å². The Labute approximate surface area is 150 Å². The van der Waals surface area contributed by atoms with Crippen molar-refractivity contribution >= 4 is 23.5 Å². The number of nitrogens with one attached hydrogen (secondary N) is 2. The molecule has 0 aliphatic carbocycles. The van der Waals surface area contributed by atoms with Crippen LogP contribution in [0.1, 0.15) is 25.3 Å². The SMILES string of the molecule is CCOc1cc(/C=N\NC(=S)NC[C@@H]2CCCO2)ccc1OC(F)F. The van der Waals surface area contributed by atoms with Crippen LogP contribution in [0.3, 0.4) is 0 Å². The van der Waals surface area contributed by atoms with Crippen LogP contribution in [0, 0.1) is 0 Å². The first-order valence-corrected chi connectivity index (χ1v) is 8.39. The van der Waals surface area contributed by atoms with Crippen LogP contribution in [0.2, 0.25) is 0 Å². The zero-order valence-electron chi connectivity index (χ0n) is 13.8. The van der Waals surface area contributed by atoms with Gasteiger partial charge in [-0.25, -0.2) is 0 Å². The number of hydrogen-bond donors (Lipinski definition) is 2. The molecule has 1 saturated heterocycles. The van der Waals surface area contributed by atoms with Crippen LogP contribution >= 0.6 is 12.2 Å². The smallest absolute Gasteiger partial charge is 0.387 e. The number of halogens is 2. The van der Waals surface area contributed by atoms with E-state index < -0.39 is 6.61 Å². The molecule has 1 aliphatic heterocycles. The van der Waals surface area contributed by atoms with Gasteiger partial charge in [0.2, 0.25) is 0 Å². The molecule has 0 bridgehead atoms. The van der Waals surface area contributed by atoms with E-state index in [9.17, 15) is 8.78 Å². The molecular formula is C16H21F2N3O3S. The third-order valence-corrected chi connectivity index (χ3v) is 3.61. The van der Waals surface area contributed by atoms with Gasteiger partial charge in [0, 0.05) is 13.2 Å². The van der Waals surface area contributed by atoms with E-state index in [0.717, 1.165) is 19.4 Å². The number of rotatable bonds is 8. The Morgan fingerprint density at radius 2 is 2.32 bits per heavy atom. The summed E-state index contributed by atoms with van der Waals surface area (Å²) in [6.45, 7) is 0.600. The first kappa shape index (κ1) is 19.3. The molecule has 1 aliphatic rings. The Bertz CT molecular complexity index is 596. The van der Waals surface area contributed by atoms with E-state index in [1.807, 2.05) is 0 Å². The van der Waals surface area contributed by atoms with Crippen molar-refractivity contribution in [2.45, 2.75) is 32.5 Å². The number of thiocarbonyl (C=S) groups is 1. The summed E-state index contributed by atoms with van der Waals surface area (Å²) < 4.78 is 40.0. The summed E-state index contributed by atoms with van der Waals surface area (Å²) >= 11 is 5.12. The molecule has 1 heterocycles. The number of nitrogens with zero attached hydrogens (tertiary/aromatic N) is 1. The van der Waals surface area contributed by atoms with E-state index in [0.29, 0.717) is 23.8 Å². The first-order chi connectivity index (χ1) is 12.1. The fourth-order valence-corrected chi connectivity index (χ4v) is 2.42. The number of hydrogen-bond acceptors (Lipinski definition) is 5. The third-order valence-electron chi connectivity index (χ3n) is 3.38. The van der Waals surface area contributed by atoms with E-state index in [2.05, 4.69) is 20.6 Å². The molecule has 0 unspecified atom stereocenters. The fourth-order valence-electron chi connectivity index (χ4n) is 2.28. The Kier molecular flexibility index (Phi) is 7.80. The second-order valence-electron chi connectivity index (χ2n) is 5.23. The highest BCUT2D eigenvalue weighted by atomic mass is 32.1. The van der Waals surface area contributed by atoms with Crippen molar-refractivity contribution < 1.29 is 23.0 Å². The van der Waals surface area contributed by atoms with Crippen molar-refractivity contribution in [1.29, 1.82) is 0 Å². The highest BCUT2D eigenvalue weighted by Crippen LogP contribution is 2.29. The molecule has 1 aromatic carbocycles. The molecule has 2 rings (SSSR count). The van der Waals surface area contributed by atoms with Crippen molar-refractivity contribution in [1.82, 2.24) is 10.7 Å². The van der Waals surface area contributed by atoms with Gasteiger partial charge in [0.05, 0.1) is 18.9 Å². The predicted octanol–water partition coefficient (Wildman–Crippen LogP) is 2.66. The monoisotopic (exact) mass is 373 g/mol. The molecule has 1 atom stereocenters. The van der Waals surface area contributed by atoms with Gasteiger partial charge in [-0.3, -0.25) is 5.43 Å². The standard InChI is InChI=1S/C16H21F2N3O3S/c1-2-22-14-8-11(5-6-13(14)24-15(17)18)9-20-21-16(25)19-10-12-4-3-7-23-12/h5-6,8-9,12,15H,2-4,7,10H2,1H3,(H2,19,21,25)/b20-9-/t12-/m0/s1. The van der Waals surface area contributed by atoms with Crippen molar-refractivity contribution in [3.8, 4) is 11.5 Å². The molecule has 0 saturated carbocycles. The minimum Gasteiger partial charge on any atom is -0.490 e. The summed E-state index contributed by atoms with van der Waals surface area (Å²) in [6.07, 6.45) is 3.78. The molecule has 6 nitrogen and oxygen atoms in total. The molecule has 1 aromatic rings. The zero-order chi connectivity index (χ0) is 18.1. The lowest BCUT2D eigenvalue weighted by Crippen LogP contribution is -2.37. The molecule has 0 amide bonds. The van der Waals surface area contributed by atoms with Crippen LogP contribution in [0.5, 0.6) is 11.5 Å². The normalized spacial score (nSPS) is 17.0. The van der Waals surface area contributed by atoms with E-state index in [-0.39, 0.29) is 17.6 Å². The van der Waals surface area contributed by atoms with E-state index in [1.165, 1.54) is 12.3 Å². The number of benzene rings is 1. The van der Waals surface area contributed by atoms with Crippen molar-refractivity contribution in [2.75, 3.05) is 19.8 Å². The topological polar surface area (TPSA) is 64.1 Å². The van der Waals surface area contributed by atoms with Crippen LogP contribution in [0.15, 0.2) is 23.3 Å². The van der Waals surface area contributed by atoms with Gasteiger partial charge >= 0.3 is 6.61 Å². The quantitative estimate of drug-likeness (QED) is 0.415. The van der Waals surface area contributed by atoms with Gasteiger partial charge in [-0.05, 0) is 55.7 Å². The molecule has 0 radical (unpaired) electrons. The van der Waals surface area contributed by atoms with Crippen LogP contribution in [-0.4, -0.2) is 43.8 Å². The zero-order valence-corrected chi connectivity index (χ0v) is 14.7. The summed E-state index contributed by atoms with van der Waals surface area (Å²) in [5.41, 5.74) is 3.35. The molecule has 25 heavy (non-hydrogen) atoms. The maximum atomic E-state index is 12.4. The summed E-state index contributed by atoms with van der Waals surface area (Å²) in [5.74, 6) is 0.210. The maximum Gasteiger partial charge on any atom is 0.387 e. The van der Waals surface area contributed by atoms with Gasteiger partial charge in [-0.1, -0.05) is 0 Å². The Morgan fingerprint density at radius 1 is 1.48 bits per heavy atom. The van der Waals surface area contributed by atoms with Gasteiger partial charge in [-0.15, -0.1) is 0 Å². The average molecular weight is 373 g/mol. The third kappa shape index (κ3) is 6.79. The number of ether oxygens (including phenoxy) is 3. The molecule has 1 fully saturated rings. The van der Waals surface area contributed by atoms with Gasteiger partial charge in [0.25, 0.3) is 0 Å². The largest absolute Gasteiger partial charge is 0.490 e. The highest BCUT2D eigenvalue weighted by molar-refractivity contribution is 7.80. The minimum atomic E-state index is -2.91. The Balaban J connectivity index is 1.86. The molecule has 2 N–H and O–H groups in total. The molecular weight excluding hydrogens is 352 g/mol. The fraction of sp³-hybridized carbons (Fsp3) is 0.500. The van der Waals surface area contributed by atoms with Crippen LogP contribution in [-0.2, 0) is 4.74 Å². The minimum absolute atomic E-state index is 0.0179. The van der Waals surface area contributed by atoms with Gasteiger partial charge in [0.1, 0.15) is 0 Å². The molecule has 138 valence electrons. The van der Waals surface area contributed by atoms with Gasteiger partial charge in [-0.2, -0.15) is 13.9 Å². The van der Waals surface area contributed by atoms with Gasteiger partial charge in [0.15, 0.2) is 16.6 Å². The Morgan fingerprint density at radius 3 is 3.00 bits per heavy atom. The maximum absolute atomic E-state index is 12.4. The highest BCUT2D eigenvalue weighted by Gasteiger charge is 2.15. The van der Waals surface area contributed by atoms with Crippen LogP contribution < -0.4 is 20.2 Å². The predicted molar refractivity (Wildman–Crippen MR) is 94.5 cm³/mol. The second-order valence-corrected chi connectivity index (χ2v) is 5.64. The van der Waals surface area contributed by atoms with E-state index in [1.54, 1.807) is 19.1 Å². The number of alkyl halides is 2. The average Bonchev–Trinajstić information content (AvgIpc) is 3.08. The molecule has 0 aromatic heterocycles. The van der Waals surface area contributed by atoms with Crippen LogP contribution in [0.25, 0.3) is 0 Å². The summed E-state index contributed by atoms with van der Waals surface area (Å²) in [7, 11) is 0.